The van der Waals surface area contributed by atoms with Crippen LogP contribution in [-0.2, 0) is 4.79 Å². The summed E-state index contributed by atoms with van der Waals surface area (Å²) in [7, 11) is 0. The minimum Gasteiger partial charge on any atom is -0.481 e. The van der Waals surface area contributed by atoms with Gasteiger partial charge in [0.05, 0.1) is 11.6 Å². The van der Waals surface area contributed by atoms with Crippen LogP contribution in [-0.4, -0.2) is 17.8 Å². The fourth-order valence-corrected chi connectivity index (χ4v) is 1.90. The zero-order valence-electron chi connectivity index (χ0n) is 12.9. The summed E-state index contributed by atoms with van der Waals surface area (Å²) >= 11 is 0. The van der Waals surface area contributed by atoms with Crippen molar-refractivity contribution in [3.63, 3.8) is 0 Å². The van der Waals surface area contributed by atoms with Crippen LogP contribution in [0.3, 0.4) is 0 Å². The molecular formula is C18H16N2O3. The summed E-state index contributed by atoms with van der Waals surface area (Å²) in [4.78, 5) is 23.3. The second kappa shape index (κ2) is 7.23. The van der Waals surface area contributed by atoms with Gasteiger partial charge in [-0.05, 0) is 62.4 Å². The monoisotopic (exact) mass is 308 g/mol. The summed E-state index contributed by atoms with van der Waals surface area (Å²) in [5.41, 5.74) is 1.71. The fraction of sp³-hybridized carbons (Fsp3) is 0.167. The highest BCUT2D eigenvalue weighted by atomic mass is 16.5. The first-order chi connectivity index (χ1) is 11.0. The normalized spacial score (nSPS) is 11.2. The van der Waals surface area contributed by atoms with Crippen molar-refractivity contribution in [2.45, 2.75) is 20.0 Å². The van der Waals surface area contributed by atoms with Crippen LogP contribution >= 0.6 is 0 Å². The summed E-state index contributed by atoms with van der Waals surface area (Å²) < 4.78 is 5.53. The molecule has 0 aliphatic carbocycles. The molecular weight excluding hydrogens is 292 g/mol. The first-order valence-corrected chi connectivity index (χ1v) is 7.08. The molecule has 0 spiro atoms. The first kappa shape index (κ1) is 16.2. The van der Waals surface area contributed by atoms with Gasteiger partial charge in [-0.15, -0.1) is 0 Å². The Kier molecular flexibility index (Phi) is 5.11. The Hall–Kier alpha value is -3.13. The number of nitrogens with zero attached hydrogens (tertiary/aromatic N) is 1. The molecule has 2 aromatic carbocycles. The lowest BCUT2D eigenvalue weighted by atomic mass is 10.1. The van der Waals surface area contributed by atoms with Gasteiger partial charge in [0.15, 0.2) is 11.9 Å². The van der Waals surface area contributed by atoms with Gasteiger partial charge in [-0.2, -0.15) is 5.26 Å². The van der Waals surface area contributed by atoms with E-state index in [0.717, 1.165) is 0 Å². The number of rotatable bonds is 5. The highest BCUT2D eigenvalue weighted by Crippen LogP contribution is 2.15. The SMILES string of the molecule is CC(=O)c1ccc(NC(=O)[C@@H](C)Oc2ccc(C#N)cc2)cc1. The van der Waals surface area contributed by atoms with E-state index in [0.29, 0.717) is 22.6 Å². The van der Waals surface area contributed by atoms with Crippen molar-refractivity contribution in [1.82, 2.24) is 0 Å². The summed E-state index contributed by atoms with van der Waals surface area (Å²) in [5, 5.41) is 11.5. The lowest BCUT2D eigenvalue weighted by Crippen LogP contribution is -2.30. The maximum atomic E-state index is 12.1. The van der Waals surface area contributed by atoms with Crippen molar-refractivity contribution in [1.29, 1.82) is 5.26 Å². The summed E-state index contributed by atoms with van der Waals surface area (Å²) in [5.74, 6) is 0.184. The van der Waals surface area contributed by atoms with Gasteiger partial charge in [0.2, 0.25) is 0 Å². The van der Waals surface area contributed by atoms with Crippen LogP contribution in [0.25, 0.3) is 0 Å². The van der Waals surface area contributed by atoms with E-state index in [4.69, 9.17) is 10.00 Å². The van der Waals surface area contributed by atoms with Gasteiger partial charge >= 0.3 is 0 Å². The molecule has 0 aliphatic rings. The predicted molar refractivity (Wildman–Crippen MR) is 86.3 cm³/mol. The van der Waals surface area contributed by atoms with E-state index in [1.807, 2.05) is 6.07 Å². The molecule has 0 aromatic heterocycles. The number of nitriles is 1. The molecule has 0 aliphatic heterocycles. The highest BCUT2D eigenvalue weighted by Gasteiger charge is 2.15. The fourth-order valence-electron chi connectivity index (χ4n) is 1.90. The number of hydrogen-bond acceptors (Lipinski definition) is 4. The number of ether oxygens (including phenoxy) is 1. The van der Waals surface area contributed by atoms with Gasteiger partial charge in [-0.25, -0.2) is 0 Å². The number of carbonyl (C=O) groups excluding carboxylic acids is 2. The molecule has 2 rings (SSSR count). The molecule has 0 saturated heterocycles. The number of Topliss-reactive ketones (excluding diaryl/α,β-unsaturated/α-hetero) is 1. The average molecular weight is 308 g/mol. The predicted octanol–water partition coefficient (Wildman–Crippen LogP) is 3.17. The largest absolute Gasteiger partial charge is 0.481 e. The van der Waals surface area contributed by atoms with E-state index >= 15 is 0 Å². The summed E-state index contributed by atoms with van der Waals surface area (Å²) in [6.07, 6.45) is -0.699. The maximum absolute atomic E-state index is 12.1. The Bertz CT molecular complexity index is 743. The van der Waals surface area contributed by atoms with E-state index in [1.165, 1.54) is 6.92 Å². The molecule has 5 nitrogen and oxygen atoms in total. The third-order valence-electron chi connectivity index (χ3n) is 3.22. The molecule has 1 amide bonds. The second-order valence-corrected chi connectivity index (χ2v) is 5.02. The van der Waals surface area contributed by atoms with E-state index < -0.39 is 6.10 Å². The second-order valence-electron chi connectivity index (χ2n) is 5.02. The molecule has 23 heavy (non-hydrogen) atoms. The molecule has 0 heterocycles. The first-order valence-electron chi connectivity index (χ1n) is 7.08. The number of nitrogens with one attached hydrogen (secondary N) is 1. The lowest BCUT2D eigenvalue weighted by Gasteiger charge is -2.15. The quantitative estimate of drug-likeness (QED) is 0.860. The van der Waals surface area contributed by atoms with Crippen LogP contribution in [0.15, 0.2) is 48.5 Å². The zero-order valence-corrected chi connectivity index (χ0v) is 12.9. The molecule has 5 heteroatoms. The van der Waals surface area contributed by atoms with Crippen LogP contribution in [0.4, 0.5) is 5.69 Å². The molecule has 116 valence electrons. The van der Waals surface area contributed by atoms with E-state index in [-0.39, 0.29) is 11.7 Å². The topological polar surface area (TPSA) is 79.2 Å². The van der Waals surface area contributed by atoms with Gasteiger partial charge in [-0.1, -0.05) is 0 Å². The lowest BCUT2D eigenvalue weighted by molar-refractivity contribution is -0.122. The Balaban J connectivity index is 1.96. The number of ketones is 1. The van der Waals surface area contributed by atoms with Gasteiger partial charge < -0.3 is 10.1 Å². The van der Waals surface area contributed by atoms with Gasteiger partial charge in [-0.3, -0.25) is 9.59 Å². The van der Waals surface area contributed by atoms with Gasteiger partial charge in [0, 0.05) is 11.3 Å². The Morgan fingerprint density at radius 3 is 2.22 bits per heavy atom. The molecule has 0 saturated carbocycles. The van der Waals surface area contributed by atoms with Crippen LogP contribution in [0.1, 0.15) is 29.8 Å². The highest BCUT2D eigenvalue weighted by molar-refractivity contribution is 5.96. The minimum atomic E-state index is -0.699. The minimum absolute atomic E-state index is 0.0274. The Morgan fingerprint density at radius 1 is 1.09 bits per heavy atom. The third kappa shape index (κ3) is 4.42. The standard InChI is InChI=1S/C18H16N2O3/c1-12(21)15-5-7-16(8-6-15)20-18(22)13(2)23-17-9-3-14(11-19)4-10-17/h3-10,13H,1-2H3,(H,20,22)/t13-/m1/s1. The van der Waals surface area contributed by atoms with Crippen LogP contribution in [0, 0.1) is 11.3 Å². The number of anilines is 1. The molecule has 0 unspecified atom stereocenters. The van der Waals surface area contributed by atoms with Crippen LogP contribution in [0.5, 0.6) is 5.75 Å². The maximum Gasteiger partial charge on any atom is 0.265 e. The molecule has 1 N–H and O–H groups in total. The number of hydrogen-bond donors (Lipinski definition) is 1. The average Bonchev–Trinajstić information content (AvgIpc) is 2.56. The molecule has 0 bridgehead atoms. The number of carbonyl (C=O) groups is 2. The van der Waals surface area contributed by atoms with E-state index in [2.05, 4.69) is 5.32 Å². The van der Waals surface area contributed by atoms with Crippen molar-refractivity contribution >= 4 is 17.4 Å². The third-order valence-corrected chi connectivity index (χ3v) is 3.22. The summed E-state index contributed by atoms with van der Waals surface area (Å²) in [6.45, 7) is 3.12. The van der Waals surface area contributed by atoms with E-state index in [9.17, 15) is 9.59 Å². The number of amides is 1. The van der Waals surface area contributed by atoms with Crippen molar-refractivity contribution < 1.29 is 14.3 Å². The van der Waals surface area contributed by atoms with Gasteiger partial charge in [0.1, 0.15) is 5.75 Å². The Morgan fingerprint density at radius 2 is 1.70 bits per heavy atom. The van der Waals surface area contributed by atoms with Crippen molar-refractivity contribution in [2.24, 2.45) is 0 Å². The van der Waals surface area contributed by atoms with Crippen LogP contribution < -0.4 is 10.1 Å². The van der Waals surface area contributed by atoms with Crippen molar-refractivity contribution in [2.75, 3.05) is 5.32 Å². The van der Waals surface area contributed by atoms with E-state index in [1.54, 1.807) is 55.5 Å². The summed E-state index contributed by atoms with van der Waals surface area (Å²) in [6, 6.07) is 15.2. The molecule has 2 aromatic rings. The zero-order chi connectivity index (χ0) is 16.8. The smallest absolute Gasteiger partial charge is 0.265 e. The van der Waals surface area contributed by atoms with Crippen molar-refractivity contribution in [3.8, 4) is 11.8 Å². The van der Waals surface area contributed by atoms with Gasteiger partial charge in [0.25, 0.3) is 5.91 Å². The molecule has 0 radical (unpaired) electrons. The number of benzene rings is 2. The Labute approximate surface area is 134 Å². The van der Waals surface area contributed by atoms with Crippen LogP contribution in [0.2, 0.25) is 0 Å². The van der Waals surface area contributed by atoms with Crippen molar-refractivity contribution in [3.05, 3.63) is 59.7 Å². The molecule has 1 atom stereocenters. The molecule has 0 fully saturated rings.